The molecule has 4 rings (SSSR count). The smallest absolute Gasteiger partial charge is 0.338 e. The highest BCUT2D eigenvalue weighted by atomic mass is 35.5. The molecule has 0 saturated heterocycles. The molecule has 3 aromatic rings. The van der Waals surface area contributed by atoms with Crippen molar-refractivity contribution in [2.24, 2.45) is 4.99 Å². The minimum atomic E-state index is -0.703. The van der Waals surface area contributed by atoms with Gasteiger partial charge in [-0.15, -0.1) is 0 Å². The number of hydrogen-bond acceptors (Lipinski definition) is 5. The number of fused-ring (bicyclic) bond motifs is 1. The Balaban J connectivity index is 2.02. The Labute approximate surface area is 175 Å². The Morgan fingerprint density at radius 1 is 1.17 bits per heavy atom. The van der Waals surface area contributed by atoms with Crippen molar-refractivity contribution < 1.29 is 9.53 Å². The van der Waals surface area contributed by atoms with Crippen molar-refractivity contribution in [1.29, 1.82) is 0 Å². The molecule has 1 aliphatic rings. The highest BCUT2D eigenvalue weighted by Gasteiger charge is 2.34. The molecule has 0 radical (unpaired) electrons. The van der Waals surface area contributed by atoms with Gasteiger partial charge in [0.2, 0.25) is 0 Å². The summed E-state index contributed by atoms with van der Waals surface area (Å²) in [5, 5.41) is 0.464. The van der Waals surface area contributed by atoms with Crippen LogP contribution in [-0.4, -0.2) is 17.6 Å². The maximum atomic E-state index is 13.3. The van der Waals surface area contributed by atoms with E-state index in [1.807, 2.05) is 48.5 Å². The molecule has 1 aromatic heterocycles. The van der Waals surface area contributed by atoms with Gasteiger partial charge in [0.05, 0.1) is 22.9 Å². The van der Waals surface area contributed by atoms with Gasteiger partial charge in [-0.2, -0.15) is 0 Å². The van der Waals surface area contributed by atoms with Crippen LogP contribution in [0.5, 0.6) is 0 Å². The molecule has 0 amide bonds. The number of hydrogen-bond donors (Lipinski definition) is 0. The topological polar surface area (TPSA) is 60.7 Å². The third-order valence-corrected chi connectivity index (χ3v) is 6.05. The highest BCUT2D eigenvalue weighted by Crippen LogP contribution is 2.34. The van der Waals surface area contributed by atoms with Gasteiger partial charge in [0.25, 0.3) is 5.56 Å². The van der Waals surface area contributed by atoms with E-state index in [1.165, 1.54) is 23.0 Å². The zero-order chi connectivity index (χ0) is 20.5. The summed E-state index contributed by atoms with van der Waals surface area (Å²) in [4.78, 5) is 31.0. The minimum Gasteiger partial charge on any atom is -0.466 e. The number of rotatable bonds is 3. The number of ether oxygens (including phenoxy) is 1. The molecule has 1 atom stereocenters. The Morgan fingerprint density at radius 2 is 1.86 bits per heavy atom. The molecule has 146 valence electrons. The quantitative estimate of drug-likeness (QED) is 0.607. The van der Waals surface area contributed by atoms with Crippen LogP contribution in [0.3, 0.4) is 0 Å². The van der Waals surface area contributed by atoms with Gasteiger partial charge in [0.1, 0.15) is 6.04 Å². The van der Waals surface area contributed by atoms with Crippen molar-refractivity contribution in [2.75, 3.05) is 7.11 Å². The van der Waals surface area contributed by atoms with Crippen LogP contribution in [0.1, 0.15) is 24.1 Å². The van der Waals surface area contributed by atoms with Gasteiger partial charge in [-0.05, 0) is 30.2 Å². The van der Waals surface area contributed by atoms with Crippen LogP contribution in [0.4, 0.5) is 0 Å². The maximum Gasteiger partial charge on any atom is 0.338 e. The summed E-state index contributed by atoms with van der Waals surface area (Å²) in [7, 11) is 1.31. The fourth-order valence-electron chi connectivity index (χ4n) is 3.38. The van der Waals surface area contributed by atoms with Crippen LogP contribution >= 0.6 is 22.9 Å². The van der Waals surface area contributed by atoms with E-state index in [2.05, 4.69) is 4.99 Å². The molecule has 0 spiro atoms. The molecule has 2 heterocycles. The second kappa shape index (κ2) is 7.81. The summed E-state index contributed by atoms with van der Waals surface area (Å²) < 4.78 is 7.05. The molecule has 7 heteroatoms. The molecule has 0 aliphatic carbocycles. The predicted octanol–water partition coefficient (Wildman–Crippen LogP) is 3.06. The molecule has 5 nitrogen and oxygen atoms in total. The maximum absolute atomic E-state index is 13.3. The number of thiazole rings is 1. The first kappa shape index (κ1) is 19.4. The summed E-state index contributed by atoms with van der Waals surface area (Å²) in [5.74, 6) is -0.534. The number of aromatic nitrogens is 1. The lowest BCUT2D eigenvalue weighted by atomic mass is 9.96. The van der Waals surface area contributed by atoms with E-state index in [0.29, 0.717) is 31.2 Å². The number of esters is 1. The first-order valence-corrected chi connectivity index (χ1v) is 10.1. The van der Waals surface area contributed by atoms with Gasteiger partial charge >= 0.3 is 5.97 Å². The lowest BCUT2D eigenvalue weighted by Gasteiger charge is -2.25. The van der Waals surface area contributed by atoms with Gasteiger partial charge in [-0.3, -0.25) is 9.36 Å². The lowest BCUT2D eigenvalue weighted by molar-refractivity contribution is -0.136. The van der Waals surface area contributed by atoms with E-state index >= 15 is 0 Å². The fourth-order valence-corrected chi connectivity index (χ4v) is 4.67. The Morgan fingerprint density at radius 3 is 2.55 bits per heavy atom. The van der Waals surface area contributed by atoms with Gasteiger partial charge < -0.3 is 4.74 Å². The number of allylic oxidation sites excluding steroid dienone is 1. The second-order valence-electron chi connectivity index (χ2n) is 6.51. The van der Waals surface area contributed by atoms with Crippen molar-refractivity contribution in [1.82, 2.24) is 4.57 Å². The predicted molar refractivity (Wildman–Crippen MR) is 114 cm³/mol. The summed E-state index contributed by atoms with van der Waals surface area (Å²) in [6, 6.07) is 16.1. The van der Waals surface area contributed by atoms with E-state index in [1.54, 1.807) is 19.1 Å². The summed E-state index contributed by atoms with van der Waals surface area (Å²) in [6.07, 6.45) is 1.82. The van der Waals surface area contributed by atoms with Gasteiger partial charge in [-0.25, -0.2) is 9.79 Å². The normalized spacial score (nSPS) is 16.4. The van der Waals surface area contributed by atoms with Crippen molar-refractivity contribution in [3.63, 3.8) is 0 Å². The first-order chi connectivity index (χ1) is 14.0. The van der Waals surface area contributed by atoms with Crippen LogP contribution in [0.2, 0.25) is 5.02 Å². The number of benzene rings is 2. The van der Waals surface area contributed by atoms with Crippen LogP contribution in [0.15, 0.2) is 75.7 Å². The Hall–Kier alpha value is -2.96. The fraction of sp³-hybridized carbons (Fsp3) is 0.136. The van der Waals surface area contributed by atoms with Crippen LogP contribution < -0.4 is 14.9 Å². The molecule has 0 N–H and O–H groups in total. The summed E-state index contributed by atoms with van der Waals surface area (Å²) in [6.45, 7) is 1.74. The average Bonchev–Trinajstić information content (AvgIpc) is 3.02. The number of carbonyl (C=O) groups is 1. The SMILES string of the molecule is COC(=O)C1=C(C)N=c2s/c(=C/c3ccccc3)c(=O)n2[C@H]1c1ccccc1Cl. The highest BCUT2D eigenvalue weighted by molar-refractivity contribution is 7.07. The zero-order valence-electron chi connectivity index (χ0n) is 15.8. The van der Waals surface area contributed by atoms with Gasteiger partial charge in [0.15, 0.2) is 4.80 Å². The van der Waals surface area contributed by atoms with Crippen LogP contribution in [0.25, 0.3) is 6.08 Å². The third kappa shape index (κ3) is 3.45. The van der Waals surface area contributed by atoms with E-state index in [9.17, 15) is 9.59 Å². The summed E-state index contributed by atoms with van der Waals surface area (Å²) >= 11 is 7.73. The Kier molecular flexibility index (Phi) is 5.22. The molecule has 1 aliphatic heterocycles. The molecular formula is C22H17ClN2O3S. The molecule has 2 aromatic carbocycles. The van der Waals surface area contributed by atoms with E-state index in [-0.39, 0.29) is 5.56 Å². The van der Waals surface area contributed by atoms with Gasteiger partial charge in [-0.1, -0.05) is 71.5 Å². The number of methoxy groups -OCH3 is 1. The Bertz CT molecular complexity index is 1310. The van der Waals surface area contributed by atoms with Crippen molar-refractivity contribution in [3.8, 4) is 0 Å². The second-order valence-corrected chi connectivity index (χ2v) is 7.92. The number of nitrogens with zero attached hydrogens (tertiary/aromatic N) is 2. The average molecular weight is 425 g/mol. The first-order valence-electron chi connectivity index (χ1n) is 8.91. The number of carbonyl (C=O) groups excluding carboxylic acids is 1. The zero-order valence-corrected chi connectivity index (χ0v) is 17.3. The third-order valence-electron chi connectivity index (χ3n) is 4.72. The molecule has 0 fully saturated rings. The van der Waals surface area contributed by atoms with E-state index < -0.39 is 12.0 Å². The molecule has 0 bridgehead atoms. The molecule has 0 unspecified atom stereocenters. The van der Waals surface area contributed by atoms with Crippen LogP contribution in [-0.2, 0) is 9.53 Å². The van der Waals surface area contributed by atoms with Crippen LogP contribution in [0, 0.1) is 0 Å². The molecule has 0 saturated carbocycles. The molecule has 29 heavy (non-hydrogen) atoms. The van der Waals surface area contributed by atoms with E-state index in [4.69, 9.17) is 16.3 Å². The lowest BCUT2D eigenvalue weighted by Crippen LogP contribution is -2.39. The summed E-state index contributed by atoms with van der Waals surface area (Å²) in [5.41, 5.74) is 2.15. The van der Waals surface area contributed by atoms with Crippen molar-refractivity contribution in [2.45, 2.75) is 13.0 Å². The van der Waals surface area contributed by atoms with E-state index in [0.717, 1.165) is 5.56 Å². The standard InChI is InChI=1S/C22H17ClN2O3S/c1-13-18(21(27)28-2)19(15-10-6-7-11-16(15)23)25-20(26)17(29-22(25)24-13)12-14-8-4-3-5-9-14/h3-12,19H,1-2H3/b17-12+/t19-/m0/s1. The minimum absolute atomic E-state index is 0.226. The number of halogens is 1. The largest absolute Gasteiger partial charge is 0.466 e. The van der Waals surface area contributed by atoms with Crippen molar-refractivity contribution in [3.05, 3.63) is 102 Å². The van der Waals surface area contributed by atoms with Gasteiger partial charge in [0, 0.05) is 5.02 Å². The monoisotopic (exact) mass is 424 g/mol. The van der Waals surface area contributed by atoms with Crippen molar-refractivity contribution >= 4 is 35.0 Å². The molecular weight excluding hydrogens is 408 g/mol.